The number of carbonyl (C=O) groups excluding carboxylic acids is 1. The van der Waals surface area contributed by atoms with Gasteiger partial charge in [0.05, 0.1) is 6.61 Å². The highest BCUT2D eigenvalue weighted by Crippen LogP contribution is 2.26. The molecule has 0 spiro atoms. The van der Waals surface area contributed by atoms with E-state index in [-0.39, 0.29) is 0 Å². The third kappa shape index (κ3) is 2.96. The molecule has 17 heavy (non-hydrogen) atoms. The molecule has 2 rings (SSSR count). The monoisotopic (exact) mass is 230 g/mol. The molecule has 0 unspecified atom stereocenters. The van der Waals surface area contributed by atoms with Crippen LogP contribution < -0.4 is 4.74 Å². The molecule has 1 aromatic carbocycles. The summed E-state index contributed by atoms with van der Waals surface area (Å²) >= 11 is 0. The van der Waals surface area contributed by atoms with E-state index < -0.39 is 0 Å². The maximum Gasteiger partial charge on any atom is 0.146 e. The van der Waals surface area contributed by atoms with Gasteiger partial charge in [-0.05, 0) is 54.2 Å². The first kappa shape index (κ1) is 11.9. The van der Waals surface area contributed by atoms with Crippen molar-refractivity contribution < 1.29 is 9.53 Å². The third-order valence-corrected chi connectivity index (χ3v) is 3.06. The lowest BCUT2D eigenvalue weighted by Crippen LogP contribution is -2.02. The van der Waals surface area contributed by atoms with Crippen molar-refractivity contribution in [1.29, 1.82) is 0 Å². The largest absolute Gasteiger partial charge is 0.494 e. The van der Waals surface area contributed by atoms with Crippen LogP contribution in [0.2, 0.25) is 0 Å². The van der Waals surface area contributed by atoms with Gasteiger partial charge in [0.15, 0.2) is 0 Å². The minimum absolute atomic E-state index is 0.782. The van der Waals surface area contributed by atoms with Gasteiger partial charge in [0, 0.05) is 0 Å². The number of benzene rings is 1. The summed E-state index contributed by atoms with van der Waals surface area (Å²) in [5, 5.41) is 0. The van der Waals surface area contributed by atoms with Crippen LogP contribution in [0.5, 0.6) is 5.75 Å². The molecule has 0 bridgehead atoms. The van der Waals surface area contributed by atoms with Gasteiger partial charge in [-0.2, -0.15) is 0 Å². The summed E-state index contributed by atoms with van der Waals surface area (Å²) < 4.78 is 5.68. The lowest BCUT2D eigenvalue weighted by molar-refractivity contribution is -0.105. The number of unbranched alkanes of at least 4 members (excludes halogenated alkanes) is 1. The number of fused-ring (bicyclic) bond motifs is 1. The van der Waals surface area contributed by atoms with Crippen molar-refractivity contribution in [2.24, 2.45) is 0 Å². The molecule has 2 heteroatoms. The van der Waals surface area contributed by atoms with E-state index in [0.717, 1.165) is 55.5 Å². The number of rotatable bonds is 5. The van der Waals surface area contributed by atoms with Crippen molar-refractivity contribution in [1.82, 2.24) is 0 Å². The molecular weight excluding hydrogens is 212 g/mol. The van der Waals surface area contributed by atoms with Gasteiger partial charge in [-0.3, -0.25) is 4.79 Å². The van der Waals surface area contributed by atoms with Crippen LogP contribution in [0, 0.1) is 0 Å². The highest BCUT2D eigenvalue weighted by atomic mass is 16.5. The fourth-order valence-corrected chi connectivity index (χ4v) is 2.01. The maximum absolute atomic E-state index is 10.7. The SMILES string of the molecule is CCCCOc1ccc2c(c1)CCC(C=O)=C2. The number of allylic oxidation sites excluding steroid dienone is 1. The zero-order valence-electron chi connectivity index (χ0n) is 10.2. The second-order valence-corrected chi connectivity index (χ2v) is 4.40. The topological polar surface area (TPSA) is 26.3 Å². The quantitative estimate of drug-likeness (QED) is 0.572. The van der Waals surface area contributed by atoms with Gasteiger partial charge >= 0.3 is 0 Å². The summed E-state index contributed by atoms with van der Waals surface area (Å²) in [5.74, 6) is 0.945. The van der Waals surface area contributed by atoms with Crippen molar-refractivity contribution >= 4 is 12.4 Å². The molecule has 0 saturated carbocycles. The third-order valence-electron chi connectivity index (χ3n) is 3.06. The Morgan fingerprint density at radius 1 is 1.35 bits per heavy atom. The van der Waals surface area contributed by atoms with Crippen LogP contribution in [-0.2, 0) is 11.2 Å². The van der Waals surface area contributed by atoms with E-state index in [1.807, 2.05) is 18.2 Å². The van der Waals surface area contributed by atoms with Crippen molar-refractivity contribution in [2.45, 2.75) is 32.6 Å². The van der Waals surface area contributed by atoms with Gasteiger partial charge in [0.25, 0.3) is 0 Å². The van der Waals surface area contributed by atoms with Gasteiger partial charge in [-0.15, -0.1) is 0 Å². The lowest BCUT2D eigenvalue weighted by atomic mass is 9.93. The number of ether oxygens (including phenoxy) is 1. The van der Waals surface area contributed by atoms with Crippen molar-refractivity contribution in [3.05, 3.63) is 34.9 Å². The predicted octanol–water partition coefficient (Wildman–Crippen LogP) is 3.39. The lowest BCUT2D eigenvalue weighted by Gasteiger charge is -2.15. The van der Waals surface area contributed by atoms with Crippen LogP contribution in [-0.4, -0.2) is 12.9 Å². The van der Waals surface area contributed by atoms with Crippen molar-refractivity contribution in [3.8, 4) is 5.75 Å². The molecule has 0 aromatic heterocycles. The summed E-state index contributed by atoms with van der Waals surface area (Å²) in [4.78, 5) is 10.7. The van der Waals surface area contributed by atoms with Crippen molar-refractivity contribution in [3.63, 3.8) is 0 Å². The second kappa shape index (κ2) is 5.67. The second-order valence-electron chi connectivity index (χ2n) is 4.40. The van der Waals surface area contributed by atoms with Crippen LogP contribution in [0.4, 0.5) is 0 Å². The molecule has 2 nitrogen and oxygen atoms in total. The minimum atomic E-state index is 0.782. The molecule has 1 aromatic rings. The Labute approximate surface area is 102 Å². The first-order chi connectivity index (χ1) is 8.33. The molecule has 90 valence electrons. The number of hydrogen-bond acceptors (Lipinski definition) is 2. The molecule has 1 aliphatic carbocycles. The Morgan fingerprint density at radius 3 is 3.00 bits per heavy atom. The Hall–Kier alpha value is -1.57. The average molecular weight is 230 g/mol. The van der Waals surface area contributed by atoms with E-state index >= 15 is 0 Å². The van der Waals surface area contributed by atoms with E-state index in [1.54, 1.807) is 0 Å². The normalized spacial score (nSPS) is 13.8. The Balaban J connectivity index is 2.10. The molecule has 0 N–H and O–H groups in total. The summed E-state index contributed by atoms with van der Waals surface area (Å²) in [6.45, 7) is 2.94. The number of aldehydes is 1. The van der Waals surface area contributed by atoms with Crippen LogP contribution >= 0.6 is 0 Å². The van der Waals surface area contributed by atoms with E-state index in [0.29, 0.717) is 0 Å². The van der Waals surface area contributed by atoms with Crippen molar-refractivity contribution in [2.75, 3.05) is 6.61 Å². The molecule has 0 fully saturated rings. The summed E-state index contributed by atoms with van der Waals surface area (Å²) in [6.07, 6.45) is 6.94. The standard InChI is InChI=1S/C15H18O2/c1-2-3-8-17-15-7-6-13-9-12(11-16)4-5-14(13)10-15/h6-7,9-11H,2-5,8H2,1H3. The number of carbonyl (C=O) groups is 1. The summed E-state index contributed by atoms with van der Waals surface area (Å²) in [5.41, 5.74) is 3.32. The maximum atomic E-state index is 10.7. The molecular formula is C15H18O2. The number of hydrogen-bond donors (Lipinski definition) is 0. The Kier molecular flexibility index (Phi) is 3.97. The van der Waals surface area contributed by atoms with Gasteiger partial charge in [0.2, 0.25) is 0 Å². The van der Waals surface area contributed by atoms with Gasteiger partial charge in [-0.25, -0.2) is 0 Å². The molecule has 0 heterocycles. The number of aryl methyl sites for hydroxylation is 1. The molecule has 1 aliphatic rings. The van der Waals surface area contributed by atoms with Crippen LogP contribution in [0.25, 0.3) is 6.08 Å². The zero-order chi connectivity index (χ0) is 12.1. The van der Waals surface area contributed by atoms with E-state index in [2.05, 4.69) is 13.0 Å². The summed E-state index contributed by atoms with van der Waals surface area (Å²) in [6, 6.07) is 6.13. The average Bonchev–Trinajstić information content (AvgIpc) is 2.38. The highest BCUT2D eigenvalue weighted by Gasteiger charge is 2.10. The van der Waals surface area contributed by atoms with Crippen LogP contribution in [0.15, 0.2) is 23.8 Å². The highest BCUT2D eigenvalue weighted by molar-refractivity contribution is 5.83. The van der Waals surface area contributed by atoms with Crippen LogP contribution in [0.1, 0.15) is 37.3 Å². The zero-order valence-corrected chi connectivity index (χ0v) is 10.2. The molecule has 0 saturated heterocycles. The molecule has 0 radical (unpaired) electrons. The minimum Gasteiger partial charge on any atom is -0.494 e. The smallest absolute Gasteiger partial charge is 0.146 e. The van der Waals surface area contributed by atoms with Crippen LogP contribution in [0.3, 0.4) is 0 Å². The van der Waals surface area contributed by atoms with E-state index in [1.165, 1.54) is 5.56 Å². The molecule has 0 atom stereocenters. The first-order valence-corrected chi connectivity index (χ1v) is 6.25. The fourth-order valence-electron chi connectivity index (χ4n) is 2.01. The van der Waals surface area contributed by atoms with Gasteiger partial charge in [0.1, 0.15) is 12.0 Å². The predicted molar refractivity (Wildman–Crippen MR) is 69.2 cm³/mol. The first-order valence-electron chi connectivity index (χ1n) is 6.25. The van der Waals surface area contributed by atoms with Gasteiger partial charge in [-0.1, -0.05) is 19.4 Å². The van der Waals surface area contributed by atoms with E-state index in [9.17, 15) is 4.79 Å². The Bertz CT molecular complexity index is 433. The summed E-state index contributed by atoms with van der Waals surface area (Å²) in [7, 11) is 0. The fraction of sp³-hybridized carbons (Fsp3) is 0.400. The molecule has 0 aliphatic heterocycles. The van der Waals surface area contributed by atoms with Gasteiger partial charge < -0.3 is 4.74 Å². The Morgan fingerprint density at radius 2 is 2.24 bits per heavy atom. The molecule has 0 amide bonds. The van der Waals surface area contributed by atoms with E-state index in [4.69, 9.17) is 4.74 Å².